The lowest BCUT2D eigenvalue weighted by atomic mass is 10.1. The van der Waals surface area contributed by atoms with Gasteiger partial charge < -0.3 is 9.90 Å². The molecule has 0 saturated carbocycles. The van der Waals surface area contributed by atoms with Gasteiger partial charge in [0.1, 0.15) is 6.10 Å². The topological polar surface area (TPSA) is 69.6 Å². The number of rotatable bonds is 3. The summed E-state index contributed by atoms with van der Waals surface area (Å²) in [6, 6.07) is 6.32. The Balaban J connectivity index is 2.93. The summed E-state index contributed by atoms with van der Waals surface area (Å²) >= 11 is 0. The Morgan fingerprint density at radius 3 is 2.83 bits per heavy atom. The average Bonchev–Trinajstić information content (AvgIpc) is 2.17. The van der Waals surface area contributed by atoms with Crippen LogP contribution in [0.3, 0.4) is 0 Å². The van der Waals surface area contributed by atoms with Gasteiger partial charge in [0.15, 0.2) is 6.29 Å². The molecule has 1 aromatic rings. The van der Waals surface area contributed by atoms with Gasteiger partial charge in [-0.2, -0.15) is 0 Å². The number of aldehydes is 1. The van der Waals surface area contributed by atoms with E-state index in [1.807, 2.05) is 5.48 Å². The molecule has 0 aliphatic heterocycles. The van der Waals surface area contributed by atoms with Crippen molar-refractivity contribution in [3.8, 4) is 0 Å². The van der Waals surface area contributed by atoms with E-state index in [1.165, 1.54) is 6.07 Å². The number of nitrogens with one attached hydrogen (secondary N) is 1. The van der Waals surface area contributed by atoms with Crippen LogP contribution in [0.5, 0.6) is 0 Å². The molecule has 0 amide bonds. The van der Waals surface area contributed by atoms with Crippen molar-refractivity contribution in [2.24, 2.45) is 0 Å². The van der Waals surface area contributed by atoms with Crippen LogP contribution < -0.4 is 5.48 Å². The van der Waals surface area contributed by atoms with E-state index >= 15 is 0 Å². The van der Waals surface area contributed by atoms with Gasteiger partial charge in [-0.1, -0.05) is 12.1 Å². The summed E-state index contributed by atoms with van der Waals surface area (Å²) in [4.78, 5) is 10.2. The monoisotopic (exact) mass is 167 g/mol. The van der Waals surface area contributed by atoms with Gasteiger partial charge in [0.25, 0.3) is 0 Å². The smallest absolute Gasteiger partial charge is 0.153 e. The Morgan fingerprint density at radius 1 is 1.50 bits per heavy atom. The maximum Gasteiger partial charge on any atom is 0.153 e. The van der Waals surface area contributed by atoms with Crippen molar-refractivity contribution < 1.29 is 15.1 Å². The zero-order valence-corrected chi connectivity index (χ0v) is 6.27. The fraction of sp³-hybridized carbons (Fsp3) is 0.125. The molecule has 0 aliphatic carbocycles. The van der Waals surface area contributed by atoms with Crippen molar-refractivity contribution >= 4 is 12.0 Å². The van der Waals surface area contributed by atoms with E-state index in [1.54, 1.807) is 18.2 Å². The number of aliphatic hydroxyl groups is 1. The van der Waals surface area contributed by atoms with Crippen molar-refractivity contribution in [3.63, 3.8) is 0 Å². The van der Waals surface area contributed by atoms with Gasteiger partial charge in [-0.05, 0) is 17.7 Å². The van der Waals surface area contributed by atoms with E-state index in [9.17, 15) is 4.79 Å². The van der Waals surface area contributed by atoms with Gasteiger partial charge in [0, 0.05) is 0 Å². The Hall–Kier alpha value is -1.39. The standard InChI is InChI=1S/C8H9NO3/c10-5-8(11)6-2-1-3-7(4-6)9-12/h1-5,8-9,11-12H. The molecule has 0 fully saturated rings. The first-order chi connectivity index (χ1) is 5.77. The van der Waals surface area contributed by atoms with Gasteiger partial charge in [-0.15, -0.1) is 0 Å². The van der Waals surface area contributed by atoms with Gasteiger partial charge >= 0.3 is 0 Å². The highest BCUT2D eigenvalue weighted by Gasteiger charge is 2.04. The second-order valence-electron chi connectivity index (χ2n) is 2.32. The minimum atomic E-state index is -1.13. The molecule has 0 aromatic heterocycles. The predicted octanol–water partition coefficient (Wildman–Crippen LogP) is 0.720. The molecule has 0 radical (unpaired) electrons. The van der Waals surface area contributed by atoms with Crippen LogP contribution in [0.25, 0.3) is 0 Å². The average molecular weight is 167 g/mol. The molecule has 0 heterocycles. The third-order valence-corrected chi connectivity index (χ3v) is 1.49. The van der Waals surface area contributed by atoms with Crippen LogP contribution in [0, 0.1) is 0 Å². The summed E-state index contributed by atoms with van der Waals surface area (Å²) < 4.78 is 0. The molecular formula is C8H9NO3. The molecule has 4 nitrogen and oxygen atoms in total. The number of anilines is 1. The summed E-state index contributed by atoms with van der Waals surface area (Å²) in [7, 11) is 0. The number of carbonyl (C=O) groups excluding carboxylic acids is 1. The number of hydrogen-bond donors (Lipinski definition) is 3. The molecule has 0 aliphatic rings. The normalized spacial score (nSPS) is 12.2. The van der Waals surface area contributed by atoms with Crippen molar-refractivity contribution in [1.82, 2.24) is 0 Å². The fourth-order valence-corrected chi connectivity index (χ4v) is 0.871. The first kappa shape index (κ1) is 8.70. The zero-order chi connectivity index (χ0) is 8.97. The highest BCUT2D eigenvalue weighted by Crippen LogP contribution is 2.15. The van der Waals surface area contributed by atoms with Crippen LogP contribution in [-0.2, 0) is 4.79 Å². The van der Waals surface area contributed by atoms with Crippen LogP contribution in [0.4, 0.5) is 5.69 Å². The van der Waals surface area contributed by atoms with Gasteiger partial charge in [-0.25, -0.2) is 0 Å². The maximum absolute atomic E-state index is 10.2. The quantitative estimate of drug-likeness (QED) is 0.458. The van der Waals surface area contributed by atoms with Crippen molar-refractivity contribution in [3.05, 3.63) is 29.8 Å². The molecule has 1 rings (SSSR count). The van der Waals surface area contributed by atoms with Gasteiger partial charge in [0.05, 0.1) is 5.69 Å². The van der Waals surface area contributed by atoms with E-state index in [2.05, 4.69) is 0 Å². The molecule has 1 atom stereocenters. The molecular weight excluding hydrogens is 158 g/mol. The third kappa shape index (κ3) is 1.81. The summed E-state index contributed by atoms with van der Waals surface area (Å²) in [6.07, 6.45) is -0.700. The first-order valence-corrected chi connectivity index (χ1v) is 3.41. The zero-order valence-electron chi connectivity index (χ0n) is 6.27. The summed E-state index contributed by atoms with van der Waals surface area (Å²) in [5.41, 5.74) is 2.81. The second kappa shape index (κ2) is 3.85. The van der Waals surface area contributed by atoms with E-state index < -0.39 is 6.10 Å². The minimum Gasteiger partial charge on any atom is -0.381 e. The second-order valence-corrected chi connectivity index (χ2v) is 2.32. The summed E-state index contributed by atoms with van der Waals surface area (Å²) in [5, 5.41) is 17.6. The number of aliphatic hydroxyl groups excluding tert-OH is 1. The molecule has 3 N–H and O–H groups in total. The van der Waals surface area contributed by atoms with Crippen molar-refractivity contribution in [2.75, 3.05) is 5.48 Å². The highest BCUT2D eigenvalue weighted by molar-refractivity contribution is 5.61. The fourth-order valence-electron chi connectivity index (χ4n) is 0.871. The number of carbonyl (C=O) groups is 1. The first-order valence-electron chi connectivity index (χ1n) is 3.41. The molecule has 0 spiro atoms. The van der Waals surface area contributed by atoms with Crippen LogP contribution in [0.1, 0.15) is 11.7 Å². The van der Waals surface area contributed by atoms with Crippen LogP contribution >= 0.6 is 0 Å². The van der Waals surface area contributed by atoms with Gasteiger partial charge in [0.2, 0.25) is 0 Å². The Morgan fingerprint density at radius 2 is 2.25 bits per heavy atom. The van der Waals surface area contributed by atoms with Crippen LogP contribution in [-0.4, -0.2) is 16.6 Å². The Bertz CT molecular complexity index is 275. The lowest BCUT2D eigenvalue weighted by Gasteiger charge is -2.04. The molecule has 4 heteroatoms. The molecule has 64 valence electrons. The van der Waals surface area contributed by atoms with E-state index in [4.69, 9.17) is 10.3 Å². The molecule has 1 aromatic carbocycles. The van der Waals surface area contributed by atoms with Crippen LogP contribution in [0.2, 0.25) is 0 Å². The minimum absolute atomic E-state index is 0.427. The van der Waals surface area contributed by atoms with E-state index in [-0.39, 0.29) is 0 Å². The van der Waals surface area contributed by atoms with Crippen molar-refractivity contribution in [1.29, 1.82) is 0 Å². The Kier molecular flexibility index (Phi) is 2.79. The lowest BCUT2D eigenvalue weighted by molar-refractivity contribution is -0.115. The Labute approximate surface area is 69.4 Å². The molecule has 12 heavy (non-hydrogen) atoms. The van der Waals surface area contributed by atoms with Crippen LogP contribution in [0.15, 0.2) is 24.3 Å². The molecule has 0 saturated heterocycles. The number of hydrogen-bond acceptors (Lipinski definition) is 4. The lowest BCUT2D eigenvalue weighted by Crippen LogP contribution is -1.99. The summed E-state index contributed by atoms with van der Waals surface area (Å²) in [6.45, 7) is 0. The van der Waals surface area contributed by atoms with Crippen molar-refractivity contribution in [2.45, 2.75) is 6.10 Å². The third-order valence-electron chi connectivity index (χ3n) is 1.49. The number of benzene rings is 1. The largest absolute Gasteiger partial charge is 0.381 e. The summed E-state index contributed by atoms with van der Waals surface area (Å²) in [5.74, 6) is 0. The highest BCUT2D eigenvalue weighted by atomic mass is 16.5. The van der Waals surface area contributed by atoms with Gasteiger partial charge in [-0.3, -0.25) is 10.7 Å². The molecule has 0 bridgehead atoms. The maximum atomic E-state index is 10.2. The van der Waals surface area contributed by atoms with E-state index in [0.717, 1.165) is 0 Å². The predicted molar refractivity (Wildman–Crippen MR) is 42.9 cm³/mol. The molecule has 1 unspecified atom stereocenters. The van der Waals surface area contributed by atoms with E-state index in [0.29, 0.717) is 17.5 Å². The SMILES string of the molecule is O=CC(O)c1cccc(NO)c1.